The third kappa shape index (κ3) is 2.98. The molecule has 0 radical (unpaired) electrons. The predicted octanol–water partition coefficient (Wildman–Crippen LogP) is 1.21. The van der Waals surface area contributed by atoms with Gasteiger partial charge in [0.15, 0.2) is 5.82 Å². The van der Waals surface area contributed by atoms with Crippen LogP contribution in [0.25, 0.3) is 0 Å². The lowest BCUT2D eigenvalue weighted by atomic mass is 10.3. The molecule has 2 aromatic heterocycles. The van der Waals surface area contributed by atoms with Crippen LogP contribution in [0.2, 0.25) is 0 Å². The van der Waals surface area contributed by atoms with E-state index in [1.807, 2.05) is 0 Å². The van der Waals surface area contributed by atoms with E-state index < -0.39 is 0 Å². The summed E-state index contributed by atoms with van der Waals surface area (Å²) in [5.41, 5.74) is 6.11. The maximum Gasteiger partial charge on any atom is 0.258 e. The van der Waals surface area contributed by atoms with Crippen molar-refractivity contribution in [3.63, 3.8) is 0 Å². The van der Waals surface area contributed by atoms with E-state index in [1.165, 1.54) is 18.3 Å². The van der Waals surface area contributed by atoms with Crippen molar-refractivity contribution in [3.8, 4) is 17.6 Å². The Morgan fingerprint density at radius 1 is 1.22 bits per heavy atom. The Morgan fingerprint density at radius 2 is 1.89 bits per heavy atom. The molecule has 94 valence electrons. The van der Waals surface area contributed by atoms with Gasteiger partial charge in [0.1, 0.15) is 11.2 Å². The SMILES string of the molecule is Nc1ncc(Br)nc1OCc1cc(O)nc(O)c1. The molecule has 0 atom stereocenters. The molecule has 18 heavy (non-hydrogen) atoms. The number of hydrogen-bond acceptors (Lipinski definition) is 7. The molecule has 2 rings (SSSR count). The number of hydrogen-bond donors (Lipinski definition) is 3. The van der Waals surface area contributed by atoms with Gasteiger partial charge in [-0.15, -0.1) is 0 Å². The van der Waals surface area contributed by atoms with Crippen LogP contribution in [0.1, 0.15) is 5.56 Å². The molecule has 0 aliphatic carbocycles. The summed E-state index contributed by atoms with van der Waals surface area (Å²) in [5.74, 6) is -0.260. The lowest BCUT2D eigenvalue weighted by Crippen LogP contribution is -2.03. The van der Waals surface area contributed by atoms with Crippen molar-refractivity contribution in [3.05, 3.63) is 28.5 Å². The lowest BCUT2D eigenvalue weighted by Gasteiger charge is -2.07. The van der Waals surface area contributed by atoms with Crippen molar-refractivity contribution >= 4 is 21.7 Å². The second-order valence-electron chi connectivity index (χ2n) is 3.36. The van der Waals surface area contributed by atoms with Crippen LogP contribution in [0.5, 0.6) is 17.6 Å². The second-order valence-corrected chi connectivity index (χ2v) is 4.18. The monoisotopic (exact) mass is 312 g/mol. The summed E-state index contributed by atoms with van der Waals surface area (Å²) in [6.07, 6.45) is 1.45. The standard InChI is InChI=1S/C10H9BrN4O3/c11-6-3-13-9(12)10(14-6)18-4-5-1-7(16)15-8(17)2-5/h1-3H,4H2,(H2,12,13)(H2,15,16,17). The third-order valence-corrected chi connectivity index (χ3v) is 2.35. The second kappa shape index (κ2) is 5.05. The van der Waals surface area contributed by atoms with Gasteiger partial charge in [-0.05, 0) is 15.9 Å². The Balaban J connectivity index is 2.13. The molecular weight excluding hydrogens is 304 g/mol. The Hall–Kier alpha value is -2.09. The van der Waals surface area contributed by atoms with Crippen molar-refractivity contribution in [1.29, 1.82) is 0 Å². The minimum Gasteiger partial charge on any atom is -0.493 e. The number of ether oxygens (including phenoxy) is 1. The summed E-state index contributed by atoms with van der Waals surface area (Å²) in [6, 6.07) is 2.72. The van der Waals surface area contributed by atoms with Crippen molar-refractivity contribution in [2.75, 3.05) is 5.73 Å². The minimum atomic E-state index is -0.290. The van der Waals surface area contributed by atoms with Gasteiger partial charge in [-0.2, -0.15) is 4.98 Å². The van der Waals surface area contributed by atoms with E-state index in [-0.39, 0.29) is 30.1 Å². The first-order valence-corrected chi connectivity index (χ1v) is 5.63. The van der Waals surface area contributed by atoms with Gasteiger partial charge in [-0.25, -0.2) is 9.97 Å². The van der Waals surface area contributed by atoms with E-state index in [2.05, 4.69) is 30.9 Å². The van der Waals surface area contributed by atoms with Crippen molar-refractivity contribution < 1.29 is 14.9 Å². The van der Waals surface area contributed by atoms with E-state index in [4.69, 9.17) is 10.5 Å². The maximum atomic E-state index is 9.20. The Morgan fingerprint density at radius 3 is 2.56 bits per heavy atom. The number of nitrogens with zero attached hydrogens (tertiary/aromatic N) is 3. The minimum absolute atomic E-state index is 0.0684. The smallest absolute Gasteiger partial charge is 0.258 e. The van der Waals surface area contributed by atoms with E-state index in [0.29, 0.717) is 10.2 Å². The summed E-state index contributed by atoms with van der Waals surface area (Å²) < 4.78 is 5.83. The molecule has 0 saturated carbocycles. The first-order chi connectivity index (χ1) is 8.54. The molecule has 4 N–H and O–H groups in total. The molecule has 8 heteroatoms. The van der Waals surface area contributed by atoms with Gasteiger partial charge in [-0.1, -0.05) is 0 Å². The zero-order valence-electron chi connectivity index (χ0n) is 9.04. The zero-order valence-corrected chi connectivity index (χ0v) is 10.6. The molecule has 0 bridgehead atoms. The van der Waals surface area contributed by atoms with Gasteiger partial charge < -0.3 is 20.7 Å². The van der Waals surface area contributed by atoms with Gasteiger partial charge in [-0.3, -0.25) is 0 Å². The predicted molar refractivity (Wildman–Crippen MR) is 66.0 cm³/mol. The largest absolute Gasteiger partial charge is 0.493 e. The third-order valence-electron chi connectivity index (χ3n) is 1.97. The summed E-state index contributed by atoms with van der Waals surface area (Å²) in [4.78, 5) is 11.3. The molecule has 0 saturated heterocycles. The van der Waals surface area contributed by atoms with E-state index in [0.717, 1.165) is 0 Å². The fourth-order valence-corrected chi connectivity index (χ4v) is 1.52. The number of nitrogen functional groups attached to an aromatic ring is 1. The topological polar surface area (TPSA) is 114 Å². The van der Waals surface area contributed by atoms with Gasteiger partial charge in [0.2, 0.25) is 11.8 Å². The Bertz CT molecular complexity index is 559. The molecule has 0 spiro atoms. The number of halogens is 1. The first kappa shape index (κ1) is 12.4. The molecule has 0 amide bonds. The van der Waals surface area contributed by atoms with Crippen LogP contribution in [0, 0.1) is 0 Å². The normalized spacial score (nSPS) is 10.3. The molecule has 0 aromatic carbocycles. The number of rotatable bonds is 3. The average Bonchev–Trinajstić information content (AvgIpc) is 2.29. The van der Waals surface area contributed by atoms with E-state index in [9.17, 15) is 10.2 Å². The summed E-state index contributed by atoms with van der Waals surface area (Å²) in [6.45, 7) is 0.0684. The van der Waals surface area contributed by atoms with Crippen LogP contribution >= 0.6 is 15.9 Å². The molecule has 2 aromatic rings. The maximum absolute atomic E-state index is 9.20. The van der Waals surface area contributed by atoms with Crippen molar-refractivity contribution in [2.24, 2.45) is 0 Å². The Labute approximate surface area is 110 Å². The number of nitrogens with two attached hydrogens (primary N) is 1. The van der Waals surface area contributed by atoms with Crippen LogP contribution in [0.4, 0.5) is 5.82 Å². The van der Waals surface area contributed by atoms with Crippen LogP contribution in [0.3, 0.4) is 0 Å². The van der Waals surface area contributed by atoms with Crippen LogP contribution in [-0.4, -0.2) is 25.2 Å². The van der Waals surface area contributed by atoms with Gasteiger partial charge in [0.25, 0.3) is 5.88 Å². The van der Waals surface area contributed by atoms with Crippen LogP contribution in [-0.2, 0) is 6.61 Å². The number of aromatic nitrogens is 3. The van der Waals surface area contributed by atoms with Gasteiger partial charge in [0, 0.05) is 17.7 Å². The lowest BCUT2D eigenvalue weighted by molar-refractivity contribution is 0.291. The van der Waals surface area contributed by atoms with E-state index in [1.54, 1.807) is 0 Å². The van der Waals surface area contributed by atoms with Crippen LogP contribution < -0.4 is 10.5 Å². The highest BCUT2D eigenvalue weighted by Crippen LogP contribution is 2.21. The Kier molecular flexibility index (Phi) is 3.47. The zero-order chi connectivity index (χ0) is 13.1. The quantitative estimate of drug-likeness (QED) is 0.780. The van der Waals surface area contributed by atoms with Gasteiger partial charge in [0.05, 0.1) is 6.20 Å². The highest BCUT2D eigenvalue weighted by atomic mass is 79.9. The van der Waals surface area contributed by atoms with Crippen molar-refractivity contribution in [1.82, 2.24) is 15.0 Å². The summed E-state index contributed by atoms with van der Waals surface area (Å²) in [5, 5.41) is 18.4. The summed E-state index contributed by atoms with van der Waals surface area (Å²) in [7, 11) is 0. The molecule has 2 heterocycles. The molecular formula is C10H9BrN4O3. The fourth-order valence-electron chi connectivity index (χ4n) is 1.26. The average molecular weight is 313 g/mol. The van der Waals surface area contributed by atoms with E-state index >= 15 is 0 Å². The summed E-state index contributed by atoms with van der Waals surface area (Å²) >= 11 is 3.15. The highest BCUT2D eigenvalue weighted by Gasteiger charge is 2.07. The number of aromatic hydroxyl groups is 2. The van der Waals surface area contributed by atoms with Crippen LogP contribution in [0.15, 0.2) is 22.9 Å². The fraction of sp³-hybridized carbons (Fsp3) is 0.100. The molecule has 0 aliphatic rings. The number of anilines is 1. The molecule has 0 unspecified atom stereocenters. The molecule has 0 aliphatic heterocycles. The van der Waals surface area contributed by atoms with Gasteiger partial charge >= 0.3 is 0 Å². The molecule has 7 nitrogen and oxygen atoms in total. The van der Waals surface area contributed by atoms with Crippen molar-refractivity contribution in [2.45, 2.75) is 6.61 Å². The number of pyridine rings is 1. The molecule has 0 fully saturated rings. The first-order valence-electron chi connectivity index (χ1n) is 4.84. The highest BCUT2D eigenvalue weighted by molar-refractivity contribution is 9.10.